The van der Waals surface area contributed by atoms with E-state index in [2.05, 4.69) is 10.3 Å². The van der Waals surface area contributed by atoms with E-state index in [0.29, 0.717) is 16.7 Å². The monoisotopic (exact) mass is 298 g/mol. The van der Waals surface area contributed by atoms with Crippen LogP contribution in [0.4, 0.5) is 16.2 Å². The molecule has 1 amide bonds. The molecule has 3 aromatic rings. The lowest BCUT2D eigenvalue weighted by Gasteiger charge is -2.05. The number of nitro groups is 1. The molecule has 0 saturated carbocycles. The minimum absolute atomic E-state index is 0.0812. The molecule has 0 atom stereocenters. The van der Waals surface area contributed by atoms with Gasteiger partial charge in [-0.05, 0) is 24.3 Å². The average molecular weight is 298 g/mol. The topological polar surface area (TPSA) is 110 Å². The third-order valence-corrected chi connectivity index (χ3v) is 3.12. The minimum atomic E-state index is -0.642. The number of nitrogens with one attached hydrogen (secondary N) is 2. The molecule has 0 bridgehead atoms. The molecule has 0 saturated heterocycles. The van der Waals surface area contributed by atoms with Gasteiger partial charge in [-0.1, -0.05) is 12.1 Å². The first-order valence-electron chi connectivity index (χ1n) is 6.32. The maximum atomic E-state index is 12.2. The van der Waals surface area contributed by atoms with Crippen LogP contribution < -0.4 is 11.0 Å². The van der Waals surface area contributed by atoms with Crippen LogP contribution in [0.25, 0.3) is 11.0 Å². The Bertz CT molecular complexity index is 924. The van der Waals surface area contributed by atoms with Gasteiger partial charge < -0.3 is 10.3 Å². The highest BCUT2D eigenvalue weighted by Crippen LogP contribution is 2.16. The zero-order valence-corrected chi connectivity index (χ0v) is 11.1. The van der Waals surface area contributed by atoms with E-state index in [9.17, 15) is 19.7 Å². The van der Waals surface area contributed by atoms with Gasteiger partial charge in [0.1, 0.15) is 0 Å². The van der Waals surface area contributed by atoms with Crippen molar-refractivity contribution in [1.82, 2.24) is 9.55 Å². The number of fused-ring (bicyclic) bond motifs is 1. The number of hydrogen-bond acceptors (Lipinski definition) is 4. The van der Waals surface area contributed by atoms with Crippen LogP contribution in [-0.2, 0) is 0 Å². The number of anilines is 1. The fourth-order valence-electron chi connectivity index (χ4n) is 2.10. The number of amides is 1. The van der Waals surface area contributed by atoms with Crippen LogP contribution in [0.15, 0.2) is 53.3 Å². The van der Waals surface area contributed by atoms with Crippen molar-refractivity contribution in [2.45, 2.75) is 0 Å². The molecule has 110 valence electrons. The molecule has 3 rings (SSSR count). The number of aromatic amines is 1. The number of non-ortho nitro benzene ring substituents is 1. The summed E-state index contributed by atoms with van der Waals surface area (Å²) in [5.41, 5.74) is 0.717. The Hall–Kier alpha value is -3.42. The van der Waals surface area contributed by atoms with Gasteiger partial charge in [-0.2, -0.15) is 0 Å². The second-order valence-electron chi connectivity index (χ2n) is 4.52. The maximum Gasteiger partial charge on any atom is 0.334 e. The molecule has 8 nitrogen and oxygen atoms in total. The van der Waals surface area contributed by atoms with Gasteiger partial charge in [-0.15, -0.1) is 0 Å². The maximum absolute atomic E-state index is 12.2. The number of aromatic nitrogens is 2. The zero-order valence-electron chi connectivity index (χ0n) is 11.1. The Balaban J connectivity index is 1.92. The second-order valence-corrected chi connectivity index (χ2v) is 4.52. The van der Waals surface area contributed by atoms with Crippen molar-refractivity contribution in [1.29, 1.82) is 0 Å². The molecule has 0 fully saturated rings. The first kappa shape index (κ1) is 13.6. The lowest BCUT2D eigenvalue weighted by atomic mass is 10.3. The first-order chi connectivity index (χ1) is 10.6. The summed E-state index contributed by atoms with van der Waals surface area (Å²) >= 11 is 0. The second kappa shape index (κ2) is 5.17. The third-order valence-electron chi connectivity index (χ3n) is 3.12. The first-order valence-corrected chi connectivity index (χ1v) is 6.32. The number of nitro benzene ring substituents is 1. The lowest BCUT2D eigenvalue weighted by molar-refractivity contribution is -0.384. The van der Waals surface area contributed by atoms with Crippen LogP contribution in [0.1, 0.15) is 0 Å². The van der Waals surface area contributed by atoms with Gasteiger partial charge in [0.05, 0.1) is 16.0 Å². The Morgan fingerprint density at radius 1 is 1.14 bits per heavy atom. The van der Waals surface area contributed by atoms with Gasteiger partial charge in [0, 0.05) is 17.8 Å². The summed E-state index contributed by atoms with van der Waals surface area (Å²) in [7, 11) is 0. The highest BCUT2D eigenvalue weighted by atomic mass is 16.6. The Morgan fingerprint density at radius 2 is 1.82 bits per heavy atom. The van der Waals surface area contributed by atoms with Crippen molar-refractivity contribution in [2.24, 2.45) is 0 Å². The number of carbonyl (C=O) groups excluding carboxylic acids is 1. The number of H-pyrrole nitrogens is 1. The highest BCUT2D eigenvalue weighted by molar-refractivity contribution is 5.97. The van der Waals surface area contributed by atoms with Gasteiger partial charge in [0.15, 0.2) is 0 Å². The summed E-state index contributed by atoms with van der Waals surface area (Å²) in [5, 5.41) is 13.1. The van der Waals surface area contributed by atoms with Crippen LogP contribution in [0.2, 0.25) is 0 Å². The number of hydrogen-bond donors (Lipinski definition) is 2. The number of imidazole rings is 1. The number of para-hydroxylation sites is 2. The van der Waals surface area contributed by atoms with Crippen molar-refractivity contribution in [3.8, 4) is 0 Å². The summed E-state index contributed by atoms with van der Waals surface area (Å²) in [4.78, 5) is 36.7. The molecule has 0 aliphatic carbocycles. The van der Waals surface area contributed by atoms with E-state index in [-0.39, 0.29) is 5.69 Å². The molecular weight excluding hydrogens is 288 g/mol. The number of carbonyl (C=O) groups is 1. The molecule has 0 aliphatic heterocycles. The fraction of sp³-hybridized carbons (Fsp3) is 0. The normalized spacial score (nSPS) is 10.5. The summed E-state index contributed by atoms with van der Waals surface area (Å²) in [6, 6.07) is 11.5. The molecule has 0 aliphatic rings. The van der Waals surface area contributed by atoms with Crippen molar-refractivity contribution in [3.63, 3.8) is 0 Å². The average Bonchev–Trinajstić information content (AvgIpc) is 2.83. The van der Waals surface area contributed by atoms with E-state index in [1.165, 1.54) is 24.3 Å². The van der Waals surface area contributed by atoms with Gasteiger partial charge in [-0.25, -0.2) is 14.2 Å². The van der Waals surface area contributed by atoms with Gasteiger partial charge >= 0.3 is 11.7 Å². The quantitative estimate of drug-likeness (QED) is 0.558. The van der Waals surface area contributed by atoms with E-state index in [1.807, 2.05) is 0 Å². The van der Waals surface area contributed by atoms with Crippen molar-refractivity contribution in [3.05, 3.63) is 69.1 Å². The van der Waals surface area contributed by atoms with E-state index >= 15 is 0 Å². The Morgan fingerprint density at radius 3 is 2.50 bits per heavy atom. The van der Waals surface area contributed by atoms with Crippen LogP contribution in [0, 0.1) is 10.1 Å². The Labute approximate surface area is 123 Å². The molecule has 2 aromatic carbocycles. The molecule has 1 aromatic heterocycles. The number of nitrogens with zero attached hydrogens (tertiary/aromatic N) is 2. The van der Waals surface area contributed by atoms with Gasteiger partial charge in [-0.3, -0.25) is 10.1 Å². The van der Waals surface area contributed by atoms with Crippen LogP contribution in [0.3, 0.4) is 0 Å². The zero-order chi connectivity index (χ0) is 15.7. The highest BCUT2D eigenvalue weighted by Gasteiger charge is 2.14. The molecule has 0 radical (unpaired) electrons. The summed E-state index contributed by atoms with van der Waals surface area (Å²) in [6.45, 7) is 0. The largest absolute Gasteiger partial charge is 0.334 e. The van der Waals surface area contributed by atoms with E-state index in [1.54, 1.807) is 24.3 Å². The predicted molar refractivity (Wildman–Crippen MR) is 80.1 cm³/mol. The smallest absolute Gasteiger partial charge is 0.307 e. The van der Waals surface area contributed by atoms with E-state index in [4.69, 9.17) is 0 Å². The van der Waals surface area contributed by atoms with Crippen LogP contribution in [-0.4, -0.2) is 20.5 Å². The molecule has 8 heteroatoms. The molecule has 1 heterocycles. The SMILES string of the molecule is O=C(Nc1ccc([N+](=O)[O-])cc1)n1c(=O)[nH]c2ccccc21. The molecular formula is C14H10N4O4. The van der Waals surface area contributed by atoms with Crippen molar-refractivity contribution >= 4 is 28.4 Å². The molecule has 0 spiro atoms. The van der Waals surface area contributed by atoms with E-state index in [0.717, 1.165) is 4.57 Å². The van der Waals surface area contributed by atoms with Crippen molar-refractivity contribution < 1.29 is 9.72 Å². The Kier molecular flexibility index (Phi) is 3.18. The molecule has 0 unspecified atom stereocenters. The van der Waals surface area contributed by atoms with Crippen LogP contribution in [0.5, 0.6) is 0 Å². The lowest BCUT2D eigenvalue weighted by Crippen LogP contribution is -2.29. The van der Waals surface area contributed by atoms with Crippen molar-refractivity contribution in [2.75, 3.05) is 5.32 Å². The molecule has 22 heavy (non-hydrogen) atoms. The molecule has 2 N–H and O–H groups in total. The third kappa shape index (κ3) is 2.33. The minimum Gasteiger partial charge on any atom is -0.307 e. The predicted octanol–water partition coefficient (Wildman–Crippen LogP) is 2.32. The van der Waals surface area contributed by atoms with Crippen LogP contribution >= 0.6 is 0 Å². The van der Waals surface area contributed by atoms with Gasteiger partial charge in [0.25, 0.3) is 5.69 Å². The summed E-state index contributed by atoms with van der Waals surface area (Å²) in [5.74, 6) is 0. The number of rotatable bonds is 2. The van der Waals surface area contributed by atoms with Gasteiger partial charge in [0.2, 0.25) is 0 Å². The summed E-state index contributed by atoms with van der Waals surface area (Å²) in [6.07, 6.45) is 0. The fourth-order valence-corrected chi connectivity index (χ4v) is 2.10. The standard InChI is InChI=1S/C14H10N4O4/c19-13(15-9-5-7-10(8-6-9)18(21)22)17-12-4-2-1-3-11(12)16-14(17)20/h1-8H,(H,15,19)(H,16,20). The number of benzene rings is 2. The summed E-state index contributed by atoms with van der Waals surface area (Å²) < 4.78 is 0.969. The van der Waals surface area contributed by atoms with E-state index < -0.39 is 16.6 Å².